The molecule has 0 aliphatic carbocycles. The van der Waals surface area contributed by atoms with Crippen molar-refractivity contribution in [2.24, 2.45) is 0 Å². The maximum atomic E-state index is 3.50. The van der Waals surface area contributed by atoms with Crippen molar-refractivity contribution in [2.45, 2.75) is 27.7 Å². The van der Waals surface area contributed by atoms with Gasteiger partial charge < -0.3 is 4.98 Å². The summed E-state index contributed by atoms with van der Waals surface area (Å²) in [6.45, 7) is 8.00. The zero-order chi connectivity index (χ0) is 15.9. The molecule has 1 N–H and O–H groups in total. The molecule has 1 nitrogen and oxygen atoms in total. The number of aromatic amines is 1. The second-order valence-corrected chi connectivity index (χ2v) is 5.33. The highest BCUT2D eigenvalue weighted by Crippen LogP contribution is 2.34. The van der Waals surface area contributed by atoms with Crippen molar-refractivity contribution in [3.63, 3.8) is 0 Å². The first-order valence-electron chi connectivity index (χ1n) is 7.96. The second-order valence-electron chi connectivity index (χ2n) is 4.42. The summed E-state index contributed by atoms with van der Waals surface area (Å²) in [4.78, 5) is 3.50. The zero-order valence-corrected chi connectivity index (χ0v) is 14.5. The molecular weight excluding hydrogens is 286 g/mol. The minimum absolute atomic E-state index is 1.20. The quantitative estimate of drug-likeness (QED) is 0.386. The smallest absolute Gasteiger partial charge is 0.0479 e. The Bertz CT molecular complexity index is 806. The van der Waals surface area contributed by atoms with E-state index in [9.17, 15) is 0 Å². The Balaban J connectivity index is 0.000000410. The molecule has 2 aromatic carbocycles. The topological polar surface area (TPSA) is 15.8 Å². The number of rotatable bonds is 1. The number of benzene rings is 2. The van der Waals surface area contributed by atoms with Gasteiger partial charge in [0.05, 0.1) is 0 Å². The molecule has 0 atom stereocenters. The van der Waals surface area contributed by atoms with Gasteiger partial charge in [-0.2, -0.15) is 0 Å². The van der Waals surface area contributed by atoms with Crippen LogP contribution in [0.2, 0.25) is 0 Å². The lowest BCUT2D eigenvalue weighted by Crippen LogP contribution is -1.73. The Hall–Kier alpha value is -2.06. The summed E-state index contributed by atoms with van der Waals surface area (Å²) in [6.07, 6.45) is 0. The van der Waals surface area contributed by atoms with Gasteiger partial charge in [-0.15, -0.1) is 11.3 Å². The van der Waals surface area contributed by atoms with Crippen molar-refractivity contribution in [3.05, 3.63) is 60.0 Å². The largest absolute Gasteiger partial charge is 0.354 e. The van der Waals surface area contributed by atoms with E-state index < -0.39 is 0 Å². The molecule has 4 aromatic rings. The molecular formula is C20H23NS. The van der Waals surface area contributed by atoms with Crippen molar-refractivity contribution in [3.8, 4) is 11.3 Å². The summed E-state index contributed by atoms with van der Waals surface area (Å²) in [7, 11) is 0. The van der Waals surface area contributed by atoms with E-state index in [0.717, 1.165) is 0 Å². The third kappa shape index (κ3) is 3.07. The molecule has 0 saturated heterocycles. The number of aromatic nitrogens is 1. The Morgan fingerprint density at radius 3 is 2.27 bits per heavy atom. The first kappa shape index (κ1) is 16.3. The SMILES string of the molecule is CC.CC.c1ccc2[nH]c(-c3csc4ccccc34)cc2c1. The first-order chi connectivity index (χ1) is 10.9. The standard InChI is InChI=1S/C16H11NS.2C2H6/c1-3-7-14-11(5-1)9-15(17-14)13-10-18-16-8-4-2-6-12(13)16;2*1-2/h1-10,17H;2*1-2H3. The van der Waals surface area contributed by atoms with E-state index in [0.29, 0.717) is 0 Å². The fraction of sp³-hybridized carbons (Fsp3) is 0.200. The molecule has 0 saturated carbocycles. The Kier molecular flexibility index (Phi) is 5.79. The average molecular weight is 309 g/mol. The molecule has 0 unspecified atom stereocenters. The second kappa shape index (κ2) is 7.81. The lowest BCUT2D eigenvalue weighted by atomic mass is 10.1. The molecule has 114 valence electrons. The zero-order valence-electron chi connectivity index (χ0n) is 13.7. The van der Waals surface area contributed by atoms with Gasteiger partial charge in [0.15, 0.2) is 0 Å². The molecule has 0 fully saturated rings. The third-order valence-corrected chi connectivity index (χ3v) is 4.26. The normalized spacial score (nSPS) is 9.82. The summed E-state index contributed by atoms with van der Waals surface area (Å²) in [5.41, 5.74) is 3.70. The maximum Gasteiger partial charge on any atom is 0.0479 e. The van der Waals surface area contributed by atoms with Gasteiger partial charge in [-0.05, 0) is 18.2 Å². The van der Waals surface area contributed by atoms with Gasteiger partial charge in [0.1, 0.15) is 0 Å². The number of hydrogen-bond acceptors (Lipinski definition) is 1. The van der Waals surface area contributed by atoms with Gasteiger partial charge in [0, 0.05) is 37.6 Å². The number of fused-ring (bicyclic) bond motifs is 2. The van der Waals surface area contributed by atoms with Crippen LogP contribution in [-0.2, 0) is 0 Å². The van der Waals surface area contributed by atoms with Crippen molar-refractivity contribution < 1.29 is 0 Å². The third-order valence-electron chi connectivity index (χ3n) is 3.30. The van der Waals surface area contributed by atoms with Crippen LogP contribution in [0, 0.1) is 0 Å². The first-order valence-corrected chi connectivity index (χ1v) is 8.84. The van der Waals surface area contributed by atoms with E-state index in [1.807, 2.05) is 27.7 Å². The van der Waals surface area contributed by atoms with Crippen molar-refractivity contribution in [2.75, 3.05) is 0 Å². The van der Waals surface area contributed by atoms with E-state index in [1.54, 1.807) is 11.3 Å². The minimum atomic E-state index is 1.20. The molecule has 2 heterocycles. The number of nitrogens with one attached hydrogen (secondary N) is 1. The van der Waals surface area contributed by atoms with Crippen LogP contribution in [0.3, 0.4) is 0 Å². The highest BCUT2D eigenvalue weighted by molar-refractivity contribution is 7.17. The summed E-state index contributed by atoms with van der Waals surface area (Å²) in [5.74, 6) is 0. The highest BCUT2D eigenvalue weighted by Gasteiger charge is 2.08. The van der Waals surface area contributed by atoms with E-state index >= 15 is 0 Å². The van der Waals surface area contributed by atoms with Crippen molar-refractivity contribution >= 4 is 32.3 Å². The molecule has 2 aromatic heterocycles. The lowest BCUT2D eigenvalue weighted by Gasteiger charge is -1.94. The number of hydrogen-bond donors (Lipinski definition) is 1. The number of thiophene rings is 1. The predicted molar refractivity (Wildman–Crippen MR) is 102 cm³/mol. The van der Waals surface area contributed by atoms with E-state index in [2.05, 4.69) is 65.0 Å². The fourth-order valence-corrected chi connectivity index (χ4v) is 3.37. The van der Waals surface area contributed by atoms with Gasteiger partial charge in [-0.25, -0.2) is 0 Å². The van der Waals surface area contributed by atoms with Crippen LogP contribution in [0.1, 0.15) is 27.7 Å². The fourth-order valence-electron chi connectivity index (χ4n) is 2.40. The molecule has 0 aliphatic heterocycles. The van der Waals surface area contributed by atoms with Crippen LogP contribution < -0.4 is 0 Å². The van der Waals surface area contributed by atoms with Crippen LogP contribution in [0.4, 0.5) is 0 Å². The molecule has 22 heavy (non-hydrogen) atoms. The summed E-state index contributed by atoms with van der Waals surface area (Å²) >= 11 is 1.80. The Morgan fingerprint density at radius 1 is 0.818 bits per heavy atom. The van der Waals surface area contributed by atoms with Crippen molar-refractivity contribution in [1.82, 2.24) is 4.98 Å². The Morgan fingerprint density at radius 2 is 1.50 bits per heavy atom. The van der Waals surface area contributed by atoms with Crippen molar-refractivity contribution in [1.29, 1.82) is 0 Å². The minimum Gasteiger partial charge on any atom is -0.354 e. The van der Waals surface area contributed by atoms with Gasteiger partial charge >= 0.3 is 0 Å². The van der Waals surface area contributed by atoms with Gasteiger partial charge in [0.25, 0.3) is 0 Å². The molecule has 0 bridgehead atoms. The van der Waals surface area contributed by atoms with Crippen LogP contribution in [0.25, 0.3) is 32.2 Å². The van der Waals surface area contributed by atoms with E-state index in [1.165, 1.54) is 32.2 Å². The van der Waals surface area contributed by atoms with Crippen LogP contribution >= 0.6 is 11.3 Å². The van der Waals surface area contributed by atoms with Gasteiger partial charge in [0.2, 0.25) is 0 Å². The van der Waals surface area contributed by atoms with Gasteiger partial charge in [-0.3, -0.25) is 0 Å². The number of H-pyrrole nitrogens is 1. The van der Waals surface area contributed by atoms with Crippen LogP contribution in [-0.4, -0.2) is 4.98 Å². The van der Waals surface area contributed by atoms with E-state index in [-0.39, 0.29) is 0 Å². The van der Waals surface area contributed by atoms with Crippen LogP contribution in [0.5, 0.6) is 0 Å². The molecule has 0 aliphatic rings. The summed E-state index contributed by atoms with van der Waals surface area (Å²) < 4.78 is 1.34. The van der Waals surface area contributed by atoms with E-state index in [4.69, 9.17) is 0 Å². The number of para-hydroxylation sites is 1. The summed E-state index contributed by atoms with van der Waals surface area (Å²) in [5, 5.41) is 4.83. The highest BCUT2D eigenvalue weighted by atomic mass is 32.1. The average Bonchev–Trinajstić information content (AvgIpc) is 3.22. The maximum absolute atomic E-state index is 3.50. The molecule has 2 heteroatoms. The molecule has 4 rings (SSSR count). The van der Waals surface area contributed by atoms with Crippen LogP contribution in [0.15, 0.2) is 60.0 Å². The molecule has 0 amide bonds. The predicted octanol–water partition coefficient (Wildman–Crippen LogP) is 7.10. The molecule has 0 spiro atoms. The summed E-state index contributed by atoms with van der Waals surface area (Å²) in [6, 6.07) is 19.2. The monoisotopic (exact) mass is 309 g/mol. The molecule has 0 radical (unpaired) electrons. The lowest BCUT2D eigenvalue weighted by molar-refractivity contribution is 1.47. The Labute approximate surface area is 136 Å². The van der Waals surface area contributed by atoms with Gasteiger partial charge in [-0.1, -0.05) is 64.1 Å².